The first-order valence-electron chi connectivity index (χ1n) is 12.0. The van der Waals surface area contributed by atoms with E-state index in [1.165, 1.54) is 37.0 Å². The normalized spacial score (nSPS) is 18.4. The fourth-order valence-electron chi connectivity index (χ4n) is 4.58. The minimum absolute atomic E-state index is 0.0258. The van der Waals surface area contributed by atoms with E-state index in [-0.39, 0.29) is 17.3 Å². The highest BCUT2D eigenvalue weighted by molar-refractivity contribution is 7.89. The summed E-state index contributed by atoms with van der Waals surface area (Å²) in [4.78, 5) is 21.9. The Labute approximate surface area is 201 Å². The van der Waals surface area contributed by atoms with Gasteiger partial charge < -0.3 is 14.4 Å². The molecule has 1 N–H and O–H groups in total. The molecule has 33 heavy (non-hydrogen) atoms. The average molecular weight is 494 g/mol. The van der Waals surface area contributed by atoms with Gasteiger partial charge in [-0.15, -0.1) is 11.3 Å². The van der Waals surface area contributed by atoms with Crippen LogP contribution in [0.2, 0.25) is 0 Å². The molecular formula is C23H35N5O3S2. The Kier molecular flexibility index (Phi) is 8.21. The minimum atomic E-state index is -3.68. The van der Waals surface area contributed by atoms with Gasteiger partial charge in [-0.2, -0.15) is 0 Å². The number of nitrogens with one attached hydrogen (secondary N) is 1. The van der Waals surface area contributed by atoms with Gasteiger partial charge in [0.15, 0.2) is 0 Å². The van der Waals surface area contributed by atoms with Gasteiger partial charge in [-0.05, 0) is 58.2 Å². The maximum absolute atomic E-state index is 13.1. The standard InChI is InChI=1S/C23H35N5O3S2/c1-19-18-32-23(25-19)21-15-20(16-28(21)17-22(29)27-12-7-4-8-13-27)33(30,31)24-9-14-26-10-5-2-3-6-11-26/h15-16,18,24H,2-14,17H2,1H3. The van der Waals surface area contributed by atoms with E-state index in [1.807, 2.05) is 17.2 Å². The van der Waals surface area contributed by atoms with Crippen molar-refractivity contribution in [3.8, 4) is 10.7 Å². The second-order valence-electron chi connectivity index (χ2n) is 9.08. The van der Waals surface area contributed by atoms with Crippen molar-refractivity contribution in [2.24, 2.45) is 0 Å². The lowest BCUT2D eigenvalue weighted by Gasteiger charge is -2.27. The largest absolute Gasteiger partial charge is 0.341 e. The number of thiazole rings is 1. The number of amides is 1. The van der Waals surface area contributed by atoms with Gasteiger partial charge in [0.1, 0.15) is 16.4 Å². The molecular weight excluding hydrogens is 458 g/mol. The molecule has 0 atom stereocenters. The fourth-order valence-corrected chi connectivity index (χ4v) is 6.47. The molecule has 2 aromatic rings. The van der Waals surface area contributed by atoms with Crippen LogP contribution in [0, 0.1) is 6.92 Å². The lowest BCUT2D eigenvalue weighted by molar-refractivity contribution is -0.132. The number of aromatic nitrogens is 2. The summed E-state index contributed by atoms with van der Waals surface area (Å²) in [6.07, 6.45) is 9.65. The molecule has 0 aliphatic carbocycles. The van der Waals surface area contributed by atoms with Crippen molar-refractivity contribution in [3.05, 3.63) is 23.3 Å². The highest BCUT2D eigenvalue weighted by Crippen LogP contribution is 2.28. The van der Waals surface area contributed by atoms with Gasteiger partial charge in [0, 0.05) is 43.4 Å². The Hall–Kier alpha value is -1.75. The molecule has 2 fully saturated rings. The van der Waals surface area contributed by atoms with Crippen LogP contribution in [0.25, 0.3) is 10.7 Å². The van der Waals surface area contributed by atoms with Crippen molar-refractivity contribution in [2.45, 2.75) is 63.3 Å². The number of aryl methyl sites for hydroxylation is 1. The number of piperidine rings is 1. The second kappa shape index (κ2) is 11.1. The predicted molar refractivity (Wildman–Crippen MR) is 131 cm³/mol. The Morgan fingerprint density at radius 3 is 2.39 bits per heavy atom. The van der Waals surface area contributed by atoms with Gasteiger partial charge in [0.2, 0.25) is 15.9 Å². The third-order valence-electron chi connectivity index (χ3n) is 6.45. The van der Waals surface area contributed by atoms with Crippen molar-refractivity contribution >= 4 is 27.3 Å². The average Bonchev–Trinajstić information content (AvgIpc) is 3.33. The molecule has 4 heterocycles. The Morgan fingerprint density at radius 1 is 1.06 bits per heavy atom. The summed E-state index contributed by atoms with van der Waals surface area (Å²) < 4.78 is 30.7. The van der Waals surface area contributed by atoms with Gasteiger partial charge in [-0.25, -0.2) is 18.1 Å². The zero-order valence-corrected chi connectivity index (χ0v) is 21.1. The smallest absolute Gasteiger partial charge is 0.242 e. The molecule has 4 rings (SSSR count). The zero-order chi connectivity index (χ0) is 23.3. The number of carbonyl (C=O) groups is 1. The summed E-state index contributed by atoms with van der Waals surface area (Å²) in [6.45, 7) is 6.74. The van der Waals surface area contributed by atoms with E-state index in [9.17, 15) is 13.2 Å². The van der Waals surface area contributed by atoms with Crippen molar-refractivity contribution in [1.29, 1.82) is 0 Å². The Balaban J connectivity index is 1.49. The molecule has 2 aliphatic heterocycles. The van der Waals surface area contributed by atoms with Crippen LogP contribution < -0.4 is 4.72 Å². The highest BCUT2D eigenvalue weighted by atomic mass is 32.2. The molecule has 10 heteroatoms. The van der Waals surface area contributed by atoms with Crippen LogP contribution in [0.5, 0.6) is 0 Å². The van der Waals surface area contributed by atoms with Crippen molar-refractivity contribution in [3.63, 3.8) is 0 Å². The molecule has 2 aromatic heterocycles. The molecule has 182 valence electrons. The van der Waals surface area contributed by atoms with Crippen LogP contribution in [-0.2, 0) is 21.4 Å². The Morgan fingerprint density at radius 2 is 1.73 bits per heavy atom. The quantitative estimate of drug-likeness (QED) is 0.611. The molecule has 0 saturated carbocycles. The number of hydrogen-bond donors (Lipinski definition) is 1. The molecule has 0 aromatic carbocycles. The van der Waals surface area contributed by atoms with E-state index in [2.05, 4.69) is 14.6 Å². The Bertz CT molecular complexity index is 1030. The molecule has 1 amide bonds. The topological polar surface area (TPSA) is 87.5 Å². The maximum Gasteiger partial charge on any atom is 0.242 e. The van der Waals surface area contributed by atoms with Crippen LogP contribution in [0.15, 0.2) is 22.5 Å². The van der Waals surface area contributed by atoms with E-state index in [1.54, 1.807) is 16.8 Å². The van der Waals surface area contributed by atoms with Gasteiger partial charge in [0.25, 0.3) is 0 Å². The summed E-state index contributed by atoms with van der Waals surface area (Å²) >= 11 is 1.46. The predicted octanol–water partition coefficient (Wildman–Crippen LogP) is 3.09. The summed E-state index contributed by atoms with van der Waals surface area (Å²) in [5.41, 5.74) is 1.55. The summed E-state index contributed by atoms with van der Waals surface area (Å²) in [6, 6.07) is 1.65. The lowest BCUT2D eigenvalue weighted by Crippen LogP contribution is -2.37. The van der Waals surface area contributed by atoms with E-state index >= 15 is 0 Å². The minimum Gasteiger partial charge on any atom is -0.341 e. The fraction of sp³-hybridized carbons (Fsp3) is 0.652. The second-order valence-corrected chi connectivity index (χ2v) is 11.7. The van der Waals surface area contributed by atoms with Crippen LogP contribution in [0.4, 0.5) is 0 Å². The number of likely N-dealkylation sites (tertiary alicyclic amines) is 2. The molecule has 8 nitrogen and oxygen atoms in total. The number of rotatable bonds is 8. The van der Waals surface area contributed by atoms with Gasteiger partial charge in [0.05, 0.1) is 5.69 Å². The van der Waals surface area contributed by atoms with Gasteiger partial charge in [-0.3, -0.25) is 4.79 Å². The third-order valence-corrected chi connectivity index (χ3v) is 8.86. The zero-order valence-electron chi connectivity index (χ0n) is 19.5. The van der Waals surface area contributed by atoms with Crippen molar-refractivity contribution in [2.75, 3.05) is 39.3 Å². The van der Waals surface area contributed by atoms with Crippen LogP contribution >= 0.6 is 11.3 Å². The van der Waals surface area contributed by atoms with Crippen LogP contribution in [0.1, 0.15) is 50.6 Å². The SMILES string of the molecule is Cc1csc(-c2cc(S(=O)(=O)NCCN3CCCCCC3)cn2CC(=O)N2CCCCC2)n1. The molecule has 2 aliphatic rings. The van der Waals surface area contributed by atoms with Gasteiger partial charge >= 0.3 is 0 Å². The first-order chi connectivity index (χ1) is 15.9. The molecule has 2 saturated heterocycles. The lowest BCUT2D eigenvalue weighted by atomic mass is 10.1. The van der Waals surface area contributed by atoms with E-state index in [4.69, 9.17) is 0 Å². The monoisotopic (exact) mass is 493 g/mol. The first-order valence-corrected chi connectivity index (χ1v) is 14.4. The van der Waals surface area contributed by atoms with E-state index in [0.29, 0.717) is 18.8 Å². The number of carbonyl (C=O) groups excluding carboxylic acids is 1. The first kappa shape index (κ1) is 24.4. The third kappa shape index (κ3) is 6.44. The molecule has 0 bridgehead atoms. The van der Waals surface area contributed by atoms with Gasteiger partial charge in [-0.1, -0.05) is 12.8 Å². The highest BCUT2D eigenvalue weighted by Gasteiger charge is 2.24. The number of hydrogen-bond acceptors (Lipinski definition) is 6. The number of nitrogens with zero attached hydrogens (tertiary/aromatic N) is 4. The van der Waals surface area contributed by atoms with Crippen molar-refractivity contribution < 1.29 is 13.2 Å². The number of sulfonamides is 1. The van der Waals surface area contributed by atoms with E-state index < -0.39 is 10.0 Å². The van der Waals surface area contributed by atoms with E-state index in [0.717, 1.165) is 56.1 Å². The molecule has 0 unspecified atom stereocenters. The summed E-state index contributed by atoms with van der Waals surface area (Å²) in [5, 5.41) is 2.66. The maximum atomic E-state index is 13.1. The van der Waals surface area contributed by atoms with Crippen LogP contribution in [-0.4, -0.2) is 72.9 Å². The summed E-state index contributed by atoms with van der Waals surface area (Å²) in [5.74, 6) is 0.0258. The molecule has 0 radical (unpaired) electrons. The van der Waals surface area contributed by atoms with Crippen LogP contribution in [0.3, 0.4) is 0 Å². The summed E-state index contributed by atoms with van der Waals surface area (Å²) in [7, 11) is -3.68. The molecule has 0 spiro atoms. The van der Waals surface area contributed by atoms with Crippen molar-refractivity contribution in [1.82, 2.24) is 24.1 Å².